The molecule has 1 aliphatic carbocycles. The van der Waals surface area contributed by atoms with Gasteiger partial charge in [-0.1, -0.05) is 5.16 Å². The third-order valence-corrected chi connectivity index (χ3v) is 5.89. The van der Waals surface area contributed by atoms with Gasteiger partial charge in [0, 0.05) is 24.4 Å². The number of aromatic amines is 1. The molecule has 1 aromatic carbocycles. The fraction of sp³-hybridized carbons (Fsp3) is 0.267. The van der Waals surface area contributed by atoms with E-state index < -0.39 is 27.3 Å². The van der Waals surface area contributed by atoms with Crippen molar-refractivity contribution >= 4 is 37.4 Å². The monoisotopic (exact) mass is 433 g/mol. The van der Waals surface area contributed by atoms with Gasteiger partial charge in [0.05, 0.1) is 15.9 Å². The van der Waals surface area contributed by atoms with Crippen LogP contribution in [0.3, 0.4) is 0 Å². The number of H-pyrrole nitrogens is 1. The molecule has 2 N–H and O–H groups in total. The molecule has 0 fully saturated rings. The summed E-state index contributed by atoms with van der Waals surface area (Å²) in [7, 11) is -2.62. The lowest BCUT2D eigenvalue weighted by Crippen LogP contribution is -2.18. The Morgan fingerprint density at radius 1 is 1.28 bits per heavy atom. The molecule has 0 saturated heterocycles. The summed E-state index contributed by atoms with van der Waals surface area (Å²) in [6, 6.07) is 1.66. The van der Waals surface area contributed by atoms with Gasteiger partial charge in [0.25, 0.3) is 10.0 Å². The number of halogens is 3. The first-order valence-electron chi connectivity index (χ1n) is 7.27. The normalized spacial score (nSPS) is 15.9. The number of nitrogens with one attached hydrogen (secondary N) is 2. The summed E-state index contributed by atoms with van der Waals surface area (Å²) in [4.78, 5) is 7.67. The van der Waals surface area contributed by atoms with E-state index in [1.165, 1.54) is 13.3 Å². The number of hydrogen-bond acceptors (Lipinski definition) is 4. The summed E-state index contributed by atoms with van der Waals surface area (Å²) in [5.74, 6) is -1.65. The molecular formula is C15H14BrF2N3O3S. The second-order valence-electron chi connectivity index (χ2n) is 5.48. The quantitative estimate of drug-likeness (QED) is 0.572. The molecule has 0 radical (unpaired) electrons. The Morgan fingerprint density at radius 2 is 2.04 bits per heavy atom. The van der Waals surface area contributed by atoms with Crippen molar-refractivity contribution in [2.75, 3.05) is 11.8 Å². The van der Waals surface area contributed by atoms with Gasteiger partial charge >= 0.3 is 0 Å². The number of rotatable bonds is 4. The average molecular weight is 434 g/mol. The smallest absolute Gasteiger partial charge is 0.263 e. The first-order valence-corrected chi connectivity index (χ1v) is 9.55. The number of hydrogen-bond donors (Lipinski definition) is 2. The number of aromatic nitrogens is 1. The predicted molar refractivity (Wildman–Crippen MR) is 92.1 cm³/mol. The van der Waals surface area contributed by atoms with E-state index in [2.05, 4.69) is 30.8 Å². The number of fused-ring (bicyclic) bond motifs is 1. The van der Waals surface area contributed by atoms with E-state index in [0.29, 0.717) is 30.5 Å². The van der Waals surface area contributed by atoms with E-state index in [0.717, 1.165) is 17.8 Å². The Bertz CT molecular complexity index is 957. The van der Waals surface area contributed by atoms with Crippen LogP contribution < -0.4 is 4.72 Å². The van der Waals surface area contributed by atoms with Gasteiger partial charge in [-0.25, -0.2) is 17.2 Å². The van der Waals surface area contributed by atoms with Gasteiger partial charge in [0.15, 0.2) is 0 Å². The van der Waals surface area contributed by atoms with Gasteiger partial charge in [-0.3, -0.25) is 4.72 Å². The fourth-order valence-electron chi connectivity index (χ4n) is 2.72. The molecule has 0 saturated carbocycles. The van der Waals surface area contributed by atoms with E-state index in [-0.39, 0.29) is 9.37 Å². The third kappa shape index (κ3) is 3.54. The van der Waals surface area contributed by atoms with Crippen molar-refractivity contribution in [3.8, 4) is 0 Å². The van der Waals surface area contributed by atoms with Crippen LogP contribution in [0.2, 0.25) is 0 Å². The molecule has 3 rings (SSSR count). The minimum atomic E-state index is -4.07. The lowest BCUT2D eigenvalue weighted by Gasteiger charge is -2.15. The molecule has 0 amide bonds. The van der Waals surface area contributed by atoms with Crippen LogP contribution in [0.25, 0.3) is 0 Å². The largest absolute Gasteiger partial charge is 0.399 e. The Labute approximate surface area is 151 Å². The van der Waals surface area contributed by atoms with Crippen LogP contribution in [0.15, 0.2) is 32.9 Å². The number of oxime groups is 1. The lowest BCUT2D eigenvalue weighted by atomic mass is 9.96. The van der Waals surface area contributed by atoms with Crippen LogP contribution in [-0.4, -0.2) is 26.2 Å². The zero-order valence-corrected chi connectivity index (χ0v) is 15.5. The first kappa shape index (κ1) is 17.9. The van der Waals surface area contributed by atoms with Crippen LogP contribution in [0, 0.1) is 11.6 Å². The number of anilines is 1. The molecule has 2 aromatic rings. The summed E-state index contributed by atoms with van der Waals surface area (Å²) < 4.78 is 54.7. The molecular weight excluding hydrogens is 420 g/mol. The standard InChI is InChI=1S/C15H14BrF2N3O3S/c1-24-20-8-2-3-9-13(4-8)19-7-15(9)25(22,23)21-14-6-11(17)10(16)5-12(14)18/h5-7,19,21H,2-4H2,1H3. The van der Waals surface area contributed by atoms with Crippen molar-refractivity contribution < 1.29 is 22.0 Å². The summed E-state index contributed by atoms with van der Waals surface area (Å²) in [6.07, 6.45) is 2.80. The molecule has 0 bridgehead atoms. The lowest BCUT2D eigenvalue weighted by molar-refractivity contribution is 0.211. The van der Waals surface area contributed by atoms with E-state index in [4.69, 9.17) is 4.84 Å². The van der Waals surface area contributed by atoms with Crippen molar-refractivity contribution in [3.63, 3.8) is 0 Å². The Kier molecular flexibility index (Phi) is 4.83. The molecule has 1 heterocycles. The molecule has 1 aliphatic rings. The number of sulfonamides is 1. The number of nitrogens with zero attached hydrogens (tertiary/aromatic N) is 1. The van der Waals surface area contributed by atoms with Gasteiger partial charge in [-0.05, 0) is 40.4 Å². The van der Waals surface area contributed by atoms with Crippen LogP contribution in [0.1, 0.15) is 17.7 Å². The maximum atomic E-state index is 13.9. The van der Waals surface area contributed by atoms with Crippen molar-refractivity contribution in [1.82, 2.24) is 4.98 Å². The second kappa shape index (κ2) is 6.75. The van der Waals surface area contributed by atoms with Crippen molar-refractivity contribution in [2.24, 2.45) is 5.16 Å². The summed E-state index contributed by atoms with van der Waals surface area (Å²) >= 11 is 2.85. The maximum absolute atomic E-state index is 13.9. The van der Waals surface area contributed by atoms with E-state index in [1.807, 2.05) is 0 Å². The Morgan fingerprint density at radius 3 is 2.76 bits per heavy atom. The minimum absolute atomic E-state index is 0.0155. The highest BCUT2D eigenvalue weighted by Gasteiger charge is 2.27. The molecule has 0 unspecified atom stereocenters. The fourth-order valence-corrected chi connectivity index (χ4v) is 4.35. The molecule has 6 nitrogen and oxygen atoms in total. The number of benzene rings is 1. The third-order valence-electron chi connectivity index (χ3n) is 3.85. The minimum Gasteiger partial charge on any atom is -0.399 e. The molecule has 0 atom stereocenters. The van der Waals surface area contributed by atoms with Crippen LogP contribution >= 0.6 is 15.9 Å². The van der Waals surface area contributed by atoms with E-state index in [1.54, 1.807) is 0 Å². The molecule has 134 valence electrons. The topological polar surface area (TPSA) is 83.5 Å². The highest BCUT2D eigenvalue weighted by molar-refractivity contribution is 9.10. The van der Waals surface area contributed by atoms with E-state index >= 15 is 0 Å². The molecule has 0 aliphatic heterocycles. The van der Waals surface area contributed by atoms with Crippen LogP contribution in [-0.2, 0) is 27.7 Å². The van der Waals surface area contributed by atoms with E-state index in [9.17, 15) is 17.2 Å². The highest BCUT2D eigenvalue weighted by atomic mass is 79.9. The molecule has 10 heteroatoms. The van der Waals surface area contributed by atoms with Gasteiger partial charge < -0.3 is 9.82 Å². The van der Waals surface area contributed by atoms with Crippen molar-refractivity contribution in [1.29, 1.82) is 0 Å². The summed E-state index contributed by atoms with van der Waals surface area (Å²) in [6.45, 7) is 0. The summed E-state index contributed by atoms with van der Waals surface area (Å²) in [5.41, 5.74) is 1.67. The van der Waals surface area contributed by atoms with Gasteiger partial charge in [-0.15, -0.1) is 0 Å². The van der Waals surface area contributed by atoms with Crippen LogP contribution in [0.4, 0.5) is 14.5 Å². The van der Waals surface area contributed by atoms with Gasteiger partial charge in [0.2, 0.25) is 0 Å². The Balaban J connectivity index is 1.93. The average Bonchev–Trinajstić information content (AvgIpc) is 2.97. The Hall–Kier alpha value is -1.94. The predicted octanol–water partition coefficient (Wildman–Crippen LogP) is 3.35. The van der Waals surface area contributed by atoms with Crippen molar-refractivity contribution in [2.45, 2.75) is 24.2 Å². The summed E-state index contributed by atoms with van der Waals surface area (Å²) in [5, 5.41) is 3.89. The highest BCUT2D eigenvalue weighted by Crippen LogP contribution is 2.30. The van der Waals surface area contributed by atoms with Gasteiger partial charge in [0.1, 0.15) is 23.6 Å². The van der Waals surface area contributed by atoms with Crippen LogP contribution in [0.5, 0.6) is 0 Å². The first-order chi connectivity index (χ1) is 11.8. The second-order valence-corrected chi connectivity index (χ2v) is 7.98. The molecule has 0 spiro atoms. The zero-order chi connectivity index (χ0) is 18.2. The molecule has 25 heavy (non-hydrogen) atoms. The van der Waals surface area contributed by atoms with Crippen molar-refractivity contribution in [3.05, 3.63) is 45.7 Å². The maximum Gasteiger partial charge on any atom is 0.263 e. The zero-order valence-electron chi connectivity index (χ0n) is 13.1. The molecule has 1 aromatic heterocycles. The SMILES string of the molecule is CON=C1CCc2c(S(=O)(=O)Nc3cc(F)c(Br)cc3F)c[nH]c2C1. The van der Waals surface area contributed by atoms with Gasteiger partial charge in [-0.2, -0.15) is 0 Å².